The van der Waals surface area contributed by atoms with Crippen LogP contribution in [-0.2, 0) is 24.0 Å². The van der Waals surface area contributed by atoms with Gasteiger partial charge in [-0.3, -0.25) is 48.4 Å². The highest BCUT2D eigenvalue weighted by atomic mass is 16.5. The summed E-state index contributed by atoms with van der Waals surface area (Å²) in [6, 6.07) is 20.2. The number of hydrogen-bond acceptors (Lipinski definition) is 15. The number of nitrogens with one attached hydrogen (secondary N) is 3. The molecule has 10 rings (SSSR count). The maximum Gasteiger partial charge on any atom is 0.260 e. The number of rotatable bonds is 23. The van der Waals surface area contributed by atoms with Crippen molar-refractivity contribution in [1.82, 2.24) is 30.2 Å². The molecule has 0 bridgehead atoms. The second-order valence-electron chi connectivity index (χ2n) is 22.3. The second-order valence-corrected chi connectivity index (χ2v) is 22.3. The second kappa shape index (κ2) is 26.2. The summed E-state index contributed by atoms with van der Waals surface area (Å²) in [5.74, 6) is -0.961. The number of imide groups is 1. The van der Waals surface area contributed by atoms with E-state index in [0.717, 1.165) is 48.5 Å². The lowest BCUT2D eigenvalue weighted by atomic mass is 10.0. The van der Waals surface area contributed by atoms with Crippen molar-refractivity contribution in [3.05, 3.63) is 120 Å². The number of nitrogens with zero attached hydrogens (tertiary/aromatic N) is 7. The Bertz CT molecular complexity index is 3380. The Morgan fingerprint density at radius 2 is 1.15 bits per heavy atom. The number of aliphatic imine (C=N–C) groups is 2. The number of amides is 7. The van der Waals surface area contributed by atoms with Gasteiger partial charge in [-0.25, -0.2) is 0 Å². The predicted molar refractivity (Wildman–Crippen MR) is 323 cm³/mol. The minimum absolute atomic E-state index is 0.161. The number of methoxy groups -OCH3 is 2. The Morgan fingerprint density at radius 1 is 0.624 bits per heavy atom. The molecule has 6 aliphatic rings. The number of benzene rings is 4. The molecule has 1 fully saturated rings. The van der Waals surface area contributed by atoms with Crippen LogP contribution in [0.5, 0.6) is 23.0 Å². The van der Waals surface area contributed by atoms with Crippen LogP contribution in [0, 0.1) is 5.92 Å². The number of unbranched alkanes of at least 4 members (excludes halogenated alkanes) is 2. The van der Waals surface area contributed by atoms with Gasteiger partial charge in [-0.05, 0) is 91.4 Å². The Balaban J connectivity index is 0.682. The summed E-state index contributed by atoms with van der Waals surface area (Å²) in [6.45, 7) is 10.0. The van der Waals surface area contributed by atoms with E-state index in [4.69, 9.17) is 28.9 Å². The molecule has 444 valence electrons. The van der Waals surface area contributed by atoms with Crippen LogP contribution in [0.3, 0.4) is 0 Å². The Morgan fingerprint density at radius 3 is 1.67 bits per heavy atom. The molecule has 0 saturated carbocycles. The van der Waals surface area contributed by atoms with Crippen LogP contribution in [0.25, 0.3) is 11.1 Å². The van der Waals surface area contributed by atoms with E-state index in [0.29, 0.717) is 89.7 Å². The topological polar surface area (TPSA) is 233 Å². The van der Waals surface area contributed by atoms with Crippen LogP contribution in [0.1, 0.15) is 97.6 Å². The van der Waals surface area contributed by atoms with Gasteiger partial charge in [0.15, 0.2) is 23.0 Å². The monoisotopic (exact) mass is 1160 g/mol. The van der Waals surface area contributed by atoms with Crippen LogP contribution in [0.15, 0.2) is 107 Å². The van der Waals surface area contributed by atoms with Gasteiger partial charge >= 0.3 is 0 Å². The zero-order valence-corrected chi connectivity index (χ0v) is 48.8. The van der Waals surface area contributed by atoms with Gasteiger partial charge in [0.05, 0.1) is 62.0 Å². The highest BCUT2D eigenvalue weighted by molar-refractivity contribution is 6.13. The average Bonchev–Trinajstić information content (AvgIpc) is 2.83. The first-order valence-electron chi connectivity index (χ1n) is 29.0. The number of carbonyl (C=O) groups is 7. The van der Waals surface area contributed by atoms with Crippen molar-refractivity contribution in [1.29, 1.82) is 0 Å². The molecule has 0 aromatic heterocycles. The number of hydrogen-bond donors (Lipinski definition) is 3. The Labute approximate surface area is 494 Å². The summed E-state index contributed by atoms with van der Waals surface area (Å²) in [4.78, 5) is 110. The minimum atomic E-state index is -0.925. The van der Waals surface area contributed by atoms with Crippen LogP contribution < -0.4 is 39.8 Å². The van der Waals surface area contributed by atoms with Crippen molar-refractivity contribution in [3.8, 4) is 23.0 Å². The van der Waals surface area contributed by atoms with E-state index in [1.165, 1.54) is 37.0 Å². The van der Waals surface area contributed by atoms with Crippen LogP contribution in [0.2, 0.25) is 0 Å². The first-order valence-corrected chi connectivity index (χ1v) is 29.0. The number of likely N-dealkylation sites (N-methyl/N-ethyl adjacent to an activating group) is 1. The minimum Gasteiger partial charge on any atom is -0.493 e. The molecule has 6 heterocycles. The molecule has 1 unspecified atom stereocenters. The van der Waals surface area contributed by atoms with E-state index in [-0.39, 0.29) is 73.7 Å². The van der Waals surface area contributed by atoms with E-state index in [2.05, 4.69) is 57.1 Å². The van der Waals surface area contributed by atoms with Crippen LogP contribution >= 0.6 is 0 Å². The zero-order chi connectivity index (χ0) is 59.9. The van der Waals surface area contributed by atoms with Crippen molar-refractivity contribution in [2.75, 3.05) is 77.4 Å². The summed E-state index contributed by atoms with van der Waals surface area (Å²) in [6.07, 6.45) is 13.3. The van der Waals surface area contributed by atoms with Gasteiger partial charge in [-0.1, -0.05) is 44.5 Å². The lowest BCUT2D eigenvalue weighted by Crippen LogP contribution is -2.53. The maximum atomic E-state index is 14.2. The fourth-order valence-corrected chi connectivity index (χ4v) is 11.1. The molecule has 0 aliphatic carbocycles. The van der Waals surface area contributed by atoms with Gasteiger partial charge in [-0.15, -0.1) is 0 Å². The predicted octanol–water partition coefficient (Wildman–Crippen LogP) is 7.32. The Hall–Kier alpha value is -9.11. The number of ether oxygens (including phenoxy) is 4. The molecule has 7 amide bonds. The van der Waals surface area contributed by atoms with E-state index < -0.39 is 23.9 Å². The van der Waals surface area contributed by atoms with Gasteiger partial charge in [0, 0.05) is 119 Å². The third-order valence-corrected chi connectivity index (χ3v) is 16.1. The molecule has 4 atom stereocenters. The van der Waals surface area contributed by atoms with Crippen molar-refractivity contribution >= 4 is 87.7 Å². The lowest BCUT2D eigenvalue weighted by molar-refractivity contribution is -0.137. The maximum absolute atomic E-state index is 14.2. The lowest BCUT2D eigenvalue weighted by Gasteiger charge is -2.34. The quantitative estimate of drug-likeness (QED) is 0.0489. The molecule has 0 radical (unpaired) electrons. The number of piperazine rings is 1. The van der Waals surface area contributed by atoms with Crippen molar-refractivity contribution in [2.45, 2.75) is 89.9 Å². The van der Waals surface area contributed by atoms with Gasteiger partial charge in [0.2, 0.25) is 17.7 Å². The van der Waals surface area contributed by atoms with E-state index in [1.54, 1.807) is 73.2 Å². The highest BCUT2D eigenvalue weighted by Gasteiger charge is 2.36. The standard InChI is InChI=1S/C64H72N10O11/c1-39(2)60(69-57(75)11-8-7-9-22-72-58(76)20-21-59(72)77)62(79)67-40(3)61(78)68-45-16-12-41(13-17-45)43-29-47-35-65-51-33-55(53(82-5)31-49(51)63(80)73(47)37-43)84-27-10-28-85-56-34-52-50(32-54(56)83-6)64(81)74-38-44(30-48(74)36-66-52)42-14-18-46(19-15-42)71-25-23-70(4)24-26-71/h12-21,31-40,47-48,60H,7-11,22-30H2,1-6H3,(H,67,79)(H,68,78)(H,69,75)/t40-,47?,48-,60-/m1/s1. The highest BCUT2D eigenvalue weighted by Crippen LogP contribution is 2.42. The molecular weight excluding hydrogens is 1080 g/mol. The normalized spacial score (nSPS) is 18.7. The van der Waals surface area contributed by atoms with E-state index in [9.17, 15) is 33.6 Å². The summed E-state index contributed by atoms with van der Waals surface area (Å²) in [7, 11) is 5.20. The van der Waals surface area contributed by atoms with Crippen LogP contribution in [0.4, 0.5) is 22.7 Å². The summed E-state index contributed by atoms with van der Waals surface area (Å²) in [5.41, 5.74) is 7.33. The molecule has 85 heavy (non-hydrogen) atoms. The van der Waals surface area contributed by atoms with Crippen molar-refractivity contribution in [3.63, 3.8) is 0 Å². The van der Waals surface area contributed by atoms with Gasteiger partial charge in [0.25, 0.3) is 23.6 Å². The molecule has 4 aromatic rings. The third-order valence-electron chi connectivity index (χ3n) is 16.1. The first-order chi connectivity index (χ1) is 41.0. The smallest absolute Gasteiger partial charge is 0.260 e. The van der Waals surface area contributed by atoms with Gasteiger partial charge < -0.3 is 54.5 Å². The fraction of sp³-hybridized carbons (Fsp3) is 0.391. The number of carbonyl (C=O) groups excluding carboxylic acids is 7. The van der Waals surface area contributed by atoms with Crippen molar-refractivity contribution in [2.24, 2.45) is 15.9 Å². The molecule has 6 aliphatic heterocycles. The zero-order valence-electron chi connectivity index (χ0n) is 48.8. The summed E-state index contributed by atoms with van der Waals surface area (Å²) >= 11 is 0. The molecule has 1 saturated heterocycles. The molecule has 4 aromatic carbocycles. The van der Waals surface area contributed by atoms with E-state index in [1.807, 2.05) is 30.7 Å². The fourth-order valence-electron chi connectivity index (χ4n) is 11.1. The molecule has 0 spiro atoms. The van der Waals surface area contributed by atoms with Crippen molar-refractivity contribution < 1.29 is 52.5 Å². The number of anilines is 2. The number of fused-ring (bicyclic) bond motifs is 4. The molecule has 21 heteroatoms. The van der Waals surface area contributed by atoms with Crippen LogP contribution in [-0.4, -0.2) is 165 Å². The Kier molecular flexibility index (Phi) is 18.2. The van der Waals surface area contributed by atoms with Gasteiger partial charge in [-0.2, -0.15) is 0 Å². The summed E-state index contributed by atoms with van der Waals surface area (Å²) in [5, 5.41) is 8.35. The summed E-state index contributed by atoms with van der Waals surface area (Å²) < 4.78 is 23.8. The average molecular weight is 1160 g/mol. The first kappa shape index (κ1) is 59.1. The SMILES string of the molecule is COc1cc2c(cc1OCCCOc1cc3c(cc1OC)C(=O)N1C=C(c4ccc(N5CCN(C)CC5)cc4)C[C@@H]1C=N3)N=CC1CC(c3ccc(NC(=O)[C@@H](C)NC(=O)[C@H](NC(=O)CCCCCN4C(=O)C=CC4=O)C(C)C)cc3)=CN1C2=O. The molecule has 3 N–H and O–H groups in total. The van der Waals surface area contributed by atoms with Gasteiger partial charge in [0.1, 0.15) is 12.1 Å². The van der Waals surface area contributed by atoms with E-state index >= 15 is 0 Å². The molecule has 21 nitrogen and oxygen atoms in total. The third kappa shape index (κ3) is 13.5. The molecular formula is C64H72N10O11. The largest absolute Gasteiger partial charge is 0.493 e.